The van der Waals surface area contributed by atoms with Crippen molar-refractivity contribution in [3.63, 3.8) is 0 Å². The van der Waals surface area contributed by atoms with Gasteiger partial charge in [0, 0.05) is 29.3 Å². The highest BCUT2D eigenvalue weighted by atomic mass is 79.9. The lowest BCUT2D eigenvalue weighted by atomic mass is 10.1. The number of nitrogens with two attached hydrogens (primary N) is 1. The van der Waals surface area contributed by atoms with Gasteiger partial charge < -0.3 is 16.0 Å². The summed E-state index contributed by atoms with van der Waals surface area (Å²) in [7, 11) is 0. The molecule has 3 N–H and O–H groups in total. The first-order chi connectivity index (χ1) is 10.1. The molecule has 0 unspecified atom stereocenters. The molecule has 2 rings (SSSR count). The number of hydrogen-bond acceptors (Lipinski definition) is 3. The molecule has 4 nitrogen and oxygen atoms in total. The van der Waals surface area contributed by atoms with Gasteiger partial charge in [0.05, 0.1) is 6.54 Å². The quantitative estimate of drug-likeness (QED) is 0.717. The molecule has 1 aromatic rings. The van der Waals surface area contributed by atoms with E-state index in [4.69, 9.17) is 5.73 Å². The maximum atomic E-state index is 11.2. The van der Waals surface area contributed by atoms with Crippen molar-refractivity contribution in [1.29, 1.82) is 0 Å². The average Bonchev–Trinajstić information content (AvgIpc) is 3.26. The molecule has 0 radical (unpaired) electrons. The summed E-state index contributed by atoms with van der Waals surface area (Å²) in [4.78, 5) is 13.3. The molecular formula is C16H24BrN3O. The number of anilines is 1. The Bertz CT molecular complexity index is 488. The van der Waals surface area contributed by atoms with E-state index in [1.807, 2.05) is 0 Å². The number of carbonyl (C=O) groups is 1. The van der Waals surface area contributed by atoms with E-state index in [1.165, 1.54) is 18.4 Å². The van der Waals surface area contributed by atoms with E-state index in [1.54, 1.807) is 0 Å². The van der Waals surface area contributed by atoms with E-state index in [0.29, 0.717) is 6.04 Å². The van der Waals surface area contributed by atoms with Crippen LogP contribution in [0.25, 0.3) is 0 Å². The lowest BCUT2D eigenvalue weighted by Gasteiger charge is -2.24. The fourth-order valence-electron chi connectivity index (χ4n) is 2.25. The molecule has 116 valence electrons. The first kappa shape index (κ1) is 16.3. The number of hydrogen-bond donors (Lipinski definition) is 2. The minimum absolute atomic E-state index is 0.270. The van der Waals surface area contributed by atoms with Crippen molar-refractivity contribution in [3.05, 3.63) is 28.2 Å². The number of amides is 1. The van der Waals surface area contributed by atoms with Gasteiger partial charge in [-0.15, -0.1) is 0 Å². The van der Waals surface area contributed by atoms with Crippen LogP contribution in [0.1, 0.15) is 38.2 Å². The number of primary amides is 1. The molecule has 1 aliphatic rings. The van der Waals surface area contributed by atoms with Gasteiger partial charge in [0.15, 0.2) is 0 Å². The van der Waals surface area contributed by atoms with Crippen molar-refractivity contribution in [1.82, 2.24) is 5.32 Å². The maximum Gasteiger partial charge on any atom is 0.236 e. The van der Waals surface area contributed by atoms with Gasteiger partial charge in [-0.25, -0.2) is 0 Å². The highest BCUT2D eigenvalue weighted by molar-refractivity contribution is 9.10. The lowest BCUT2D eigenvalue weighted by Crippen LogP contribution is -2.34. The Hall–Kier alpha value is -1.07. The van der Waals surface area contributed by atoms with Gasteiger partial charge in [0.2, 0.25) is 5.91 Å². The summed E-state index contributed by atoms with van der Waals surface area (Å²) in [6.07, 6.45) is 4.73. The van der Waals surface area contributed by atoms with Crippen LogP contribution in [-0.2, 0) is 11.3 Å². The molecule has 1 aromatic carbocycles. The van der Waals surface area contributed by atoms with Gasteiger partial charge in [0.25, 0.3) is 0 Å². The zero-order chi connectivity index (χ0) is 15.2. The predicted molar refractivity (Wildman–Crippen MR) is 90.3 cm³/mol. The van der Waals surface area contributed by atoms with Gasteiger partial charge >= 0.3 is 0 Å². The molecule has 0 spiro atoms. The van der Waals surface area contributed by atoms with Crippen LogP contribution in [0.2, 0.25) is 0 Å². The van der Waals surface area contributed by atoms with Crippen LogP contribution in [0.5, 0.6) is 0 Å². The minimum atomic E-state index is -0.290. The van der Waals surface area contributed by atoms with Gasteiger partial charge in [0.1, 0.15) is 0 Å². The third-order valence-corrected chi connectivity index (χ3v) is 4.43. The third kappa shape index (κ3) is 5.32. The van der Waals surface area contributed by atoms with E-state index in [2.05, 4.69) is 51.3 Å². The monoisotopic (exact) mass is 353 g/mol. The number of rotatable bonds is 9. The zero-order valence-corrected chi connectivity index (χ0v) is 14.2. The Labute approximate surface area is 135 Å². The Morgan fingerprint density at radius 1 is 1.48 bits per heavy atom. The number of nitrogens with zero attached hydrogens (tertiary/aromatic N) is 1. The van der Waals surface area contributed by atoms with E-state index in [0.717, 1.165) is 36.1 Å². The molecule has 21 heavy (non-hydrogen) atoms. The van der Waals surface area contributed by atoms with Crippen LogP contribution in [0.4, 0.5) is 5.69 Å². The standard InChI is InChI=1S/C16H24BrN3O/c1-2-3-8-20(11-16(18)21)14-7-4-12(15(17)9-14)10-19-13-5-6-13/h4,7,9,13,19H,2-3,5-6,8,10-11H2,1H3,(H2,18,21). The lowest BCUT2D eigenvalue weighted by molar-refractivity contribution is -0.116. The summed E-state index contributed by atoms with van der Waals surface area (Å²) >= 11 is 3.64. The first-order valence-corrected chi connectivity index (χ1v) is 8.44. The molecule has 1 aliphatic carbocycles. The van der Waals surface area contributed by atoms with Gasteiger partial charge in [-0.05, 0) is 37.0 Å². The number of halogens is 1. The summed E-state index contributed by atoms with van der Waals surface area (Å²) in [6, 6.07) is 6.98. The number of unbranched alkanes of at least 4 members (excludes halogenated alkanes) is 1. The van der Waals surface area contributed by atoms with Gasteiger partial charge in [-0.1, -0.05) is 35.3 Å². The topological polar surface area (TPSA) is 58.4 Å². The third-order valence-electron chi connectivity index (χ3n) is 3.69. The molecule has 1 saturated carbocycles. The van der Waals surface area contributed by atoms with E-state index < -0.39 is 0 Å². The second kappa shape index (κ2) is 7.80. The molecule has 0 heterocycles. The molecule has 1 amide bonds. The van der Waals surface area contributed by atoms with Gasteiger partial charge in [-0.2, -0.15) is 0 Å². The van der Waals surface area contributed by atoms with Crippen molar-refractivity contribution in [2.75, 3.05) is 18.0 Å². The van der Waals surface area contributed by atoms with E-state index >= 15 is 0 Å². The van der Waals surface area contributed by atoms with E-state index in [-0.39, 0.29) is 12.5 Å². The van der Waals surface area contributed by atoms with Crippen molar-refractivity contribution in [2.24, 2.45) is 5.73 Å². The summed E-state index contributed by atoms with van der Waals surface area (Å²) in [5.41, 5.74) is 7.65. The van der Waals surface area contributed by atoms with Crippen molar-refractivity contribution in [3.8, 4) is 0 Å². The van der Waals surface area contributed by atoms with Crippen LogP contribution < -0.4 is 16.0 Å². The van der Waals surface area contributed by atoms with Crippen LogP contribution in [0.15, 0.2) is 22.7 Å². The number of benzene rings is 1. The Balaban J connectivity index is 2.04. The zero-order valence-electron chi connectivity index (χ0n) is 12.6. The SMILES string of the molecule is CCCCN(CC(N)=O)c1ccc(CNC2CC2)c(Br)c1. The van der Waals surface area contributed by atoms with Gasteiger partial charge in [-0.3, -0.25) is 4.79 Å². The molecular weight excluding hydrogens is 330 g/mol. The highest BCUT2D eigenvalue weighted by Crippen LogP contribution is 2.26. The first-order valence-electron chi connectivity index (χ1n) is 7.65. The number of carbonyl (C=O) groups excluding carboxylic acids is 1. The van der Waals surface area contributed by atoms with E-state index in [9.17, 15) is 4.79 Å². The van der Waals surface area contributed by atoms with Crippen LogP contribution in [-0.4, -0.2) is 25.0 Å². The Morgan fingerprint density at radius 2 is 2.24 bits per heavy atom. The summed E-state index contributed by atoms with van der Waals surface area (Å²) in [5.74, 6) is -0.290. The van der Waals surface area contributed by atoms with Crippen molar-refractivity contribution >= 4 is 27.5 Å². The molecule has 5 heteroatoms. The molecule has 0 aliphatic heterocycles. The number of nitrogens with one attached hydrogen (secondary N) is 1. The maximum absolute atomic E-state index is 11.2. The minimum Gasteiger partial charge on any atom is -0.368 e. The van der Waals surface area contributed by atoms with Crippen LogP contribution in [0, 0.1) is 0 Å². The van der Waals surface area contributed by atoms with Crippen molar-refractivity contribution < 1.29 is 4.79 Å². The average molecular weight is 354 g/mol. The summed E-state index contributed by atoms with van der Waals surface area (Å²) < 4.78 is 1.08. The fourth-order valence-corrected chi connectivity index (χ4v) is 2.76. The van der Waals surface area contributed by atoms with Crippen molar-refractivity contribution in [2.45, 2.75) is 45.2 Å². The Kier molecular flexibility index (Phi) is 6.06. The summed E-state index contributed by atoms with van der Waals surface area (Å²) in [6.45, 7) is 4.15. The smallest absolute Gasteiger partial charge is 0.236 e. The molecule has 0 saturated heterocycles. The summed E-state index contributed by atoms with van der Waals surface area (Å²) in [5, 5.41) is 3.51. The Morgan fingerprint density at radius 3 is 2.81 bits per heavy atom. The van der Waals surface area contributed by atoms with Crippen LogP contribution in [0.3, 0.4) is 0 Å². The molecule has 0 aromatic heterocycles. The predicted octanol–water partition coefficient (Wildman–Crippen LogP) is 2.79. The molecule has 0 atom stereocenters. The normalized spacial score (nSPS) is 14.2. The highest BCUT2D eigenvalue weighted by Gasteiger charge is 2.20. The molecule has 1 fully saturated rings. The second-order valence-corrected chi connectivity index (χ2v) is 6.53. The van der Waals surface area contributed by atoms with Crippen LogP contribution >= 0.6 is 15.9 Å². The fraction of sp³-hybridized carbons (Fsp3) is 0.562. The molecule has 0 bridgehead atoms. The largest absolute Gasteiger partial charge is 0.368 e. The second-order valence-electron chi connectivity index (χ2n) is 5.67.